The number of carbonyl (C=O) groups is 1. The summed E-state index contributed by atoms with van der Waals surface area (Å²) in [6.45, 7) is 0. The summed E-state index contributed by atoms with van der Waals surface area (Å²) >= 11 is 1.03. The van der Waals surface area contributed by atoms with Crippen molar-refractivity contribution < 1.29 is 22.3 Å². The van der Waals surface area contributed by atoms with Gasteiger partial charge in [0, 0.05) is 18.0 Å². The van der Waals surface area contributed by atoms with Crippen molar-refractivity contribution in [3.63, 3.8) is 0 Å². The van der Waals surface area contributed by atoms with Gasteiger partial charge in [-0.1, -0.05) is 6.07 Å². The molecule has 10 heteroatoms. The molecule has 130 valence electrons. The zero-order valence-electron chi connectivity index (χ0n) is 13.1. The third-order valence-corrected chi connectivity index (χ3v) is 5.39. The van der Waals surface area contributed by atoms with Crippen molar-refractivity contribution >= 4 is 37.3 Å². The van der Waals surface area contributed by atoms with Crippen LogP contribution in [0.15, 0.2) is 29.6 Å². The second-order valence-electron chi connectivity index (χ2n) is 5.16. The summed E-state index contributed by atoms with van der Waals surface area (Å²) in [5.41, 5.74) is 6.44. The number of aromatic nitrogens is 2. The summed E-state index contributed by atoms with van der Waals surface area (Å²) in [5, 5.41) is -0.371. The number of methoxy groups -OCH3 is 1. The van der Waals surface area contributed by atoms with E-state index in [-0.39, 0.29) is 21.3 Å². The average molecular weight is 381 g/mol. The van der Waals surface area contributed by atoms with E-state index in [1.54, 1.807) is 0 Å². The first kappa shape index (κ1) is 17.2. The molecule has 3 aromatic rings. The van der Waals surface area contributed by atoms with Crippen LogP contribution in [0.25, 0.3) is 21.3 Å². The lowest BCUT2D eigenvalue weighted by Gasteiger charge is -2.07. The zero-order chi connectivity index (χ0) is 18.4. The first-order valence-corrected chi connectivity index (χ1v) is 9.56. The predicted molar refractivity (Wildman–Crippen MR) is 91.0 cm³/mol. The molecule has 0 aliphatic carbocycles. The monoisotopic (exact) mass is 381 g/mol. The molecule has 0 radical (unpaired) electrons. The summed E-state index contributed by atoms with van der Waals surface area (Å²) in [4.78, 5) is 19.9. The molecule has 0 fully saturated rings. The second-order valence-corrected chi connectivity index (χ2v) is 8.12. The lowest BCUT2D eigenvalue weighted by molar-refractivity contribution is 0.100. The fourth-order valence-corrected chi connectivity index (χ4v) is 3.80. The number of fused-ring (bicyclic) bond motifs is 1. The normalized spacial score (nSPS) is 11.6. The Morgan fingerprint density at radius 3 is 2.68 bits per heavy atom. The SMILES string of the molecule is COc1cc(-c2c(C(N)=O)sc3cnc(S(C)(=O)=O)nc23)ccc1F. The minimum absolute atomic E-state index is 0.0235. The molecule has 0 aliphatic rings. The number of thiophene rings is 1. The van der Waals surface area contributed by atoms with Gasteiger partial charge < -0.3 is 10.5 Å². The summed E-state index contributed by atoms with van der Waals surface area (Å²) in [7, 11) is -2.33. The van der Waals surface area contributed by atoms with E-state index in [1.807, 2.05) is 0 Å². The number of hydrogen-bond acceptors (Lipinski definition) is 7. The fourth-order valence-electron chi connectivity index (χ4n) is 2.31. The van der Waals surface area contributed by atoms with Crippen molar-refractivity contribution in [1.82, 2.24) is 9.97 Å². The minimum atomic E-state index is -3.64. The number of hydrogen-bond donors (Lipinski definition) is 1. The van der Waals surface area contributed by atoms with Gasteiger partial charge in [-0.2, -0.15) is 0 Å². The Hall–Kier alpha value is -2.59. The van der Waals surface area contributed by atoms with Crippen molar-refractivity contribution in [2.24, 2.45) is 5.73 Å². The van der Waals surface area contributed by atoms with E-state index in [2.05, 4.69) is 9.97 Å². The molecular formula is C15H12FN3O4S2. The molecule has 25 heavy (non-hydrogen) atoms. The van der Waals surface area contributed by atoms with Crippen molar-refractivity contribution in [3.05, 3.63) is 35.1 Å². The highest BCUT2D eigenvalue weighted by Crippen LogP contribution is 2.39. The van der Waals surface area contributed by atoms with Gasteiger partial charge in [-0.3, -0.25) is 4.79 Å². The second kappa shape index (κ2) is 6.05. The molecule has 3 rings (SSSR count). The molecule has 2 aromatic heterocycles. The number of nitrogens with two attached hydrogens (primary N) is 1. The number of nitrogens with zero attached hydrogens (tertiary/aromatic N) is 2. The molecule has 1 aromatic carbocycles. The number of amides is 1. The first-order chi connectivity index (χ1) is 11.7. The maximum atomic E-state index is 13.7. The van der Waals surface area contributed by atoms with Crippen LogP contribution in [0.2, 0.25) is 0 Å². The quantitative estimate of drug-likeness (QED) is 0.692. The number of carbonyl (C=O) groups excluding carboxylic acids is 1. The maximum Gasteiger partial charge on any atom is 0.259 e. The Kier molecular flexibility index (Phi) is 4.17. The van der Waals surface area contributed by atoms with Gasteiger partial charge >= 0.3 is 0 Å². The van der Waals surface area contributed by atoms with Gasteiger partial charge in [-0.05, 0) is 17.7 Å². The summed E-state index contributed by atoms with van der Waals surface area (Å²) in [5.74, 6) is -1.30. The number of primary amides is 1. The van der Waals surface area contributed by atoms with Crippen LogP contribution in [-0.2, 0) is 9.84 Å². The Morgan fingerprint density at radius 2 is 2.08 bits per heavy atom. The summed E-state index contributed by atoms with van der Waals surface area (Å²) in [6, 6.07) is 4.01. The Balaban J connectivity index is 2.38. The average Bonchev–Trinajstić information content (AvgIpc) is 2.93. The van der Waals surface area contributed by atoms with Crippen LogP contribution in [0.5, 0.6) is 5.75 Å². The van der Waals surface area contributed by atoms with Crippen LogP contribution in [0, 0.1) is 5.82 Å². The number of rotatable bonds is 4. The van der Waals surface area contributed by atoms with E-state index in [0.29, 0.717) is 15.8 Å². The van der Waals surface area contributed by atoms with E-state index in [0.717, 1.165) is 17.6 Å². The lowest BCUT2D eigenvalue weighted by atomic mass is 10.0. The van der Waals surface area contributed by atoms with Crippen LogP contribution in [0.1, 0.15) is 9.67 Å². The molecule has 0 spiro atoms. The standard InChI is InChI=1S/C15H12FN3O4S2/c1-23-9-5-7(3-4-8(9)16)11-12-10(24-13(11)14(17)20)6-18-15(19-12)25(2,21)22/h3-6H,1-2H3,(H2,17,20). The van der Waals surface area contributed by atoms with Crippen molar-refractivity contribution in [1.29, 1.82) is 0 Å². The van der Waals surface area contributed by atoms with Crippen molar-refractivity contribution in [3.8, 4) is 16.9 Å². The van der Waals surface area contributed by atoms with E-state index in [1.165, 1.54) is 31.5 Å². The topological polar surface area (TPSA) is 112 Å². The molecule has 7 nitrogen and oxygen atoms in total. The third kappa shape index (κ3) is 3.05. The van der Waals surface area contributed by atoms with E-state index in [4.69, 9.17) is 10.5 Å². The maximum absolute atomic E-state index is 13.7. The van der Waals surface area contributed by atoms with Crippen LogP contribution in [-0.4, -0.2) is 37.7 Å². The van der Waals surface area contributed by atoms with Gasteiger partial charge in [0.25, 0.3) is 5.91 Å². The van der Waals surface area contributed by atoms with E-state index >= 15 is 0 Å². The van der Waals surface area contributed by atoms with Gasteiger partial charge in [-0.25, -0.2) is 22.8 Å². The Labute approximate surface area is 146 Å². The van der Waals surface area contributed by atoms with Crippen molar-refractivity contribution in [2.45, 2.75) is 5.16 Å². The van der Waals surface area contributed by atoms with Gasteiger partial charge in [0.15, 0.2) is 11.6 Å². The number of halogens is 1. The molecule has 2 heterocycles. The highest BCUT2D eigenvalue weighted by Gasteiger charge is 2.22. The molecule has 0 unspecified atom stereocenters. The summed E-state index contributed by atoms with van der Waals surface area (Å²) < 4.78 is 42.6. The molecule has 0 saturated heterocycles. The first-order valence-electron chi connectivity index (χ1n) is 6.85. The van der Waals surface area contributed by atoms with Gasteiger partial charge in [0.05, 0.1) is 17.3 Å². The Morgan fingerprint density at radius 1 is 1.36 bits per heavy atom. The highest BCUT2D eigenvalue weighted by molar-refractivity contribution is 7.90. The number of sulfone groups is 1. The lowest BCUT2D eigenvalue weighted by Crippen LogP contribution is -2.10. The number of benzene rings is 1. The minimum Gasteiger partial charge on any atom is -0.494 e. The molecule has 2 N–H and O–H groups in total. The number of ether oxygens (including phenoxy) is 1. The highest BCUT2D eigenvalue weighted by atomic mass is 32.2. The predicted octanol–water partition coefficient (Wildman–Crippen LogP) is 2.01. The molecule has 0 atom stereocenters. The van der Waals surface area contributed by atoms with Crippen LogP contribution in [0.4, 0.5) is 4.39 Å². The molecular weight excluding hydrogens is 369 g/mol. The largest absolute Gasteiger partial charge is 0.494 e. The summed E-state index contributed by atoms with van der Waals surface area (Å²) in [6.07, 6.45) is 2.30. The van der Waals surface area contributed by atoms with E-state index in [9.17, 15) is 17.6 Å². The van der Waals surface area contributed by atoms with Crippen LogP contribution < -0.4 is 10.5 Å². The van der Waals surface area contributed by atoms with Crippen molar-refractivity contribution in [2.75, 3.05) is 13.4 Å². The van der Waals surface area contributed by atoms with Crippen LogP contribution in [0.3, 0.4) is 0 Å². The van der Waals surface area contributed by atoms with Gasteiger partial charge in [0.2, 0.25) is 15.0 Å². The fraction of sp³-hybridized carbons (Fsp3) is 0.133. The third-order valence-electron chi connectivity index (χ3n) is 3.40. The van der Waals surface area contributed by atoms with Crippen LogP contribution >= 0.6 is 11.3 Å². The molecule has 1 amide bonds. The molecule has 0 aliphatic heterocycles. The molecule has 0 bridgehead atoms. The molecule has 0 saturated carbocycles. The Bertz CT molecular complexity index is 1110. The van der Waals surface area contributed by atoms with E-state index < -0.39 is 21.6 Å². The van der Waals surface area contributed by atoms with Gasteiger partial charge in [-0.15, -0.1) is 11.3 Å². The van der Waals surface area contributed by atoms with Gasteiger partial charge in [0.1, 0.15) is 4.88 Å². The zero-order valence-corrected chi connectivity index (χ0v) is 14.7. The smallest absolute Gasteiger partial charge is 0.259 e.